The van der Waals surface area contributed by atoms with E-state index in [-0.39, 0.29) is 29.7 Å². The Hall–Kier alpha value is -1.86. The summed E-state index contributed by atoms with van der Waals surface area (Å²) in [6.45, 7) is 3.76. The molecule has 1 atom stereocenters. The third kappa shape index (κ3) is 5.97. The number of carbonyl (C=O) groups is 1. The van der Waals surface area contributed by atoms with Gasteiger partial charge in [-0.05, 0) is 31.5 Å². The largest absolute Gasteiger partial charge is 0.384 e. The molecule has 21 heavy (non-hydrogen) atoms. The monoisotopic (exact) mass is 291 g/mol. The van der Waals surface area contributed by atoms with Gasteiger partial charge in [0.05, 0.1) is 5.56 Å². The number of aliphatic hydroxyl groups is 1. The Morgan fingerprint density at radius 2 is 2.19 bits per heavy atom. The van der Waals surface area contributed by atoms with Crippen LogP contribution in [0.2, 0.25) is 0 Å². The summed E-state index contributed by atoms with van der Waals surface area (Å²) in [5.74, 6) is 4.05. The Balaban J connectivity index is 2.64. The van der Waals surface area contributed by atoms with Crippen molar-refractivity contribution in [3.8, 4) is 11.8 Å². The van der Waals surface area contributed by atoms with Crippen LogP contribution in [0.4, 0.5) is 4.39 Å². The van der Waals surface area contributed by atoms with Gasteiger partial charge in [0.15, 0.2) is 0 Å². The first-order chi connectivity index (χ1) is 10.1. The standard InChI is InChI=1S/C17H22FNO2/c1-3-4-5-7-13(2)19-17(21)15-10-9-14(8-6-11-20)16(18)12-15/h9-10,12-13,20H,3-5,7,11H2,1-2H3,(H,19,21). The molecule has 1 amide bonds. The van der Waals surface area contributed by atoms with Gasteiger partial charge in [0.1, 0.15) is 12.4 Å². The second-order valence-electron chi connectivity index (χ2n) is 5.02. The summed E-state index contributed by atoms with van der Waals surface area (Å²) in [6.07, 6.45) is 4.28. The first kappa shape index (κ1) is 17.2. The quantitative estimate of drug-likeness (QED) is 0.625. The molecular formula is C17H22FNO2. The van der Waals surface area contributed by atoms with E-state index in [1.807, 2.05) is 6.92 Å². The van der Waals surface area contributed by atoms with Gasteiger partial charge in [-0.2, -0.15) is 0 Å². The Morgan fingerprint density at radius 3 is 2.81 bits per heavy atom. The summed E-state index contributed by atoms with van der Waals surface area (Å²) < 4.78 is 13.8. The minimum absolute atomic E-state index is 0.0703. The number of rotatable bonds is 6. The van der Waals surface area contributed by atoms with Gasteiger partial charge in [0.2, 0.25) is 0 Å². The first-order valence-electron chi connectivity index (χ1n) is 7.28. The summed E-state index contributed by atoms with van der Waals surface area (Å²) in [7, 11) is 0. The topological polar surface area (TPSA) is 49.3 Å². The van der Waals surface area contributed by atoms with Crippen molar-refractivity contribution in [2.24, 2.45) is 0 Å². The van der Waals surface area contributed by atoms with Crippen molar-refractivity contribution < 1.29 is 14.3 Å². The number of aliphatic hydroxyl groups excluding tert-OH is 1. The fraction of sp³-hybridized carbons (Fsp3) is 0.471. The highest BCUT2D eigenvalue weighted by Gasteiger charge is 2.11. The van der Waals surface area contributed by atoms with Crippen LogP contribution in [0.1, 0.15) is 55.5 Å². The van der Waals surface area contributed by atoms with Gasteiger partial charge in [-0.3, -0.25) is 4.79 Å². The molecule has 0 bridgehead atoms. The smallest absolute Gasteiger partial charge is 0.251 e. The molecule has 0 saturated heterocycles. The molecule has 0 fully saturated rings. The summed E-state index contributed by atoms with van der Waals surface area (Å²) in [4.78, 5) is 12.0. The van der Waals surface area contributed by atoms with E-state index in [1.54, 1.807) is 6.07 Å². The van der Waals surface area contributed by atoms with E-state index in [2.05, 4.69) is 24.1 Å². The molecule has 114 valence electrons. The van der Waals surface area contributed by atoms with E-state index < -0.39 is 5.82 Å². The highest BCUT2D eigenvalue weighted by atomic mass is 19.1. The number of halogens is 1. The molecule has 1 rings (SSSR count). The van der Waals surface area contributed by atoms with Crippen molar-refractivity contribution in [2.75, 3.05) is 6.61 Å². The molecule has 0 heterocycles. The van der Waals surface area contributed by atoms with Crippen LogP contribution in [0.5, 0.6) is 0 Å². The molecular weight excluding hydrogens is 269 g/mol. The summed E-state index contributed by atoms with van der Waals surface area (Å²) in [6, 6.07) is 4.24. The SMILES string of the molecule is CCCCCC(C)NC(=O)c1ccc(C#CCO)c(F)c1. The average molecular weight is 291 g/mol. The zero-order valence-electron chi connectivity index (χ0n) is 12.6. The Labute approximate surface area is 125 Å². The molecule has 3 nitrogen and oxygen atoms in total. The molecule has 2 N–H and O–H groups in total. The lowest BCUT2D eigenvalue weighted by Gasteiger charge is -2.13. The molecule has 0 spiro atoms. The van der Waals surface area contributed by atoms with Crippen molar-refractivity contribution in [2.45, 2.75) is 45.6 Å². The molecule has 4 heteroatoms. The lowest BCUT2D eigenvalue weighted by molar-refractivity contribution is 0.0937. The third-order valence-electron chi connectivity index (χ3n) is 3.15. The maximum Gasteiger partial charge on any atom is 0.251 e. The Bertz CT molecular complexity index is 531. The van der Waals surface area contributed by atoms with E-state index in [9.17, 15) is 9.18 Å². The lowest BCUT2D eigenvalue weighted by Crippen LogP contribution is -2.32. The Morgan fingerprint density at radius 1 is 1.43 bits per heavy atom. The first-order valence-corrected chi connectivity index (χ1v) is 7.28. The number of amides is 1. The molecule has 1 unspecified atom stereocenters. The average Bonchev–Trinajstić information content (AvgIpc) is 2.46. The molecule has 0 radical (unpaired) electrons. The van der Waals surface area contributed by atoms with Crippen LogP contribution in [0.3, 0.4) is 0 Å². The van der Waals surface area contributed by atoms with Gasteiger partial charge in [-0.25, -0.2) is 4.39 Å². The Kier molecular flexibility index (Phi) is 7.49. The molecule has 0 aromatic heterocycles. The number of benzene rings is 1. The van der Waals surface area contributed by atoms with Crippen molar-refractivity contribution in [3.05, 3.63) is 35.1 Å². The highest BCUT2D eigenvalue weighted by molar-refractivity contribution is 5.94. The zero-order valence-corrected chi connectivity index (χ0v) is 12.6. The van der Waals surface area contributed by atoms with Crippen LogP contribution in [0.25, 0.3) is 0 Å². The van der Waals surface area contributed by atoms with Crippen LogP contribution >= 0.6 is 0 Å². The minimum Gasteiger partial charge on any atom is -0.384 e. The van der Waals surface area contributed by atoms with Crippen LogP contribution in [-0.4, -0.2) is 23.7 Å². The summed E-state index contributed by atoms with van der Waals surface area (Å²) in [5.41, 5.74) is 0.459. The van der Waals surface area contributed by atoms with Gasteiger partial charge in [0.25, 0.3) is 5.91 Å². The molecule has 0 aliphatic rings. The number of hydrogen-bond donors (Lipinski definition) is 2. The van der Waals surface area contributed by atoms with E-state index in [4.69, 9.17) is 5.11 Å². The normalized spacial score (nSPS) is 11.4. The number of nitrogens with one attached hydrogen (secondary N) is 1. The van der Waals surface area contributed by atoms with Crippen LogP contribution in [-0.2, 0) is 0 Å². The van der Waals surface area contributed by atoms with Crippen molar-refractivity contribution in [1.82, 2.24) is 5.32 Å². The van der Waals surface area contributed by atoms with E-state index in [1.165, 1.54) is 12.1 Å². The second-order valence-corrected chi connectivity index (χ2v) is 5.02. The molecule has 0 aliphatic heterocycles. The molecule has 1 aromatic rings. The fourth-order valence-electron chi connectivity index (χ4n) is 1.97. The fourth-order valence-corrected chi connectivity index (χ4v) is 1.97. The second kappa shape index (κ2) is 9.15. The van der Waals surface area contributed by atoms with Crippen molar-refractivity contribution in [3.63, 3.8) is 0 Å². The van der Waals surface area contributed by atoms with E-state index in [0.29, 0.717) is 0 Å². The minimum atomic E-state index is -0.553. The number of unbranched alkanes of at least 4 members (excludes halogenated alkanes) is 2. The molecule has 1 aromatic carbocycles. The van der Waals surface area contributed by atoms with Gasteiger partial charge >= 0.3 is 0 Å². The predicted molar refractivity (Wildman–Crippen MR) is 81.4 cm³/mol. The molecule has 0 aliphatic carbocycles. The number of carbonyl (C=O) groups excluding carboxylic acids is 1. The van der Waals surface area contributed by atoms with Crippen LogP contribution < -0.4 is 5.32 Å². The third-order valence-corrected chi connectivity index (χ3v) is 3.15. The van der Waals surface area contributed by atoms with E-state index >= 15 is 0 Å². The lowest BCUT2D eigenvalue weighted by atomic mass is 10.1. The van der Waals surface area contributed by atoms with Gasteiger partial charge in [-0.1, -0.05) is 38.0 Å². The van der Waals surface area contributed by atoms with Crippen LogP contribution in [0, 0.1) is 17.7 Å². The predicted octanol–water partition coefficient (Wildman–Crippen LogP) is 2.87. The highest BCUT2D eigenvalue weighted by Crippen LogP contribution is 2.10. The van der Waals surface area contributed by atoms with Crippen LogP contribution in [0.15, 0.2) is 18.2 Å². The maximum absolute atomic E-state index is 13.8. The summed E-state index contributed by atoms with van der Waals surface area (Å²) >= 11 is 0. The van der Waals surface area contributed by atoms with Crippen molar-refractivity contribution >= 4 is 5.91 Å². The van der Waals surface area contributed by atoms with Gasteiger partial charge in [-0.15, -0.1) is 0 Å². The number of hydrogen-bond acceptors (Lipinski definition) is 2. The van der Waals surface area contributed by atoms with Gasteiger partial charge in [0, 0.05) is 11.6 Å². The molecule has 0 saturated carbocycles. The van der Waals surface area contributed by atoms with Crippen molar-refractivity contribution in [1.29, 1.82) is 0 Å². The van der Waals surface area contributed by atoms with E-state index in [0.717, 1.165) is 25.7 Å². The van der Waals surface area contributed by atoms with Gasteiger partial charge < -0.3 is 10.4 Å². The maximum atomic E-state index is 13.8. The zero-order chi connectivity index (χ0) is 15.7. The summed E-state index contributed by atoms with van der Waals surface area (Å²) in [5, 5.41) is 11.5.